The number of hydrogen-bond donors (Lipinski definition) is 1. The molecule has 3 aliphatic rings. The normalized spacial score (nSPS) is 37.9. The Morgan fingerprint density at radius 2 is 2.09 bits per heavy atom. The van der Waals surface area contributed by atoms with E-state index in [0.717, 1.165) is 36.3 Å². The van der Waals surface area contributed by atoms with Gasteiger partial charge < -0.3 is 10.2 Å². The second-order valence-electron chi connectivity index (χ2n) is 8.10. The molecule has 0 aromatic carbocycles. The lowest BCUT2D eigenvalue weighted by Gasteiger charge is -2.34. The number of fused-ring (bicyclic) bond motifs is 5. The summed E-state index contributed by atoms with van der Waals surface area (Å²) in [5, 5.41) is 8.28. The highest BCUT2D eigenvalue weighted by Gasteiger charge is 2.53. The Bertz CT molecular complexity index is 523. The van der Waals surface area contributed by atoms with Gasteiger partial charge in [0.05, 0.1) is 6.20 Å². The van der Waals surface area contributed by atoms with E-state index in [-0.39, 0.29) is 0 Å². The van der Waals surface area contributed by atoms with Gasteiger partial charge in [0.1, 0.15) is 0 Å². The molecule has 4 heteroatoms. The molecule has 2 bridgehead atoms. The first kappa shape index (κ1) is 14.7. The van der Waals surface area contributed by atoms with Crippen LogP contribution in [0.5, 0.6) is 0 Å². The van der Waals surface area contributed by atoms with Crippen LogP contribution in [0.3, 0.4) is 0 Å². The van der Waals surface area contributed by atoms with Crippen molar-refractivity contribution in [3.8, 4) is 0 Å². The van der Waals surface area contributed by atoms with Gasteiger partial charge in [-0.05, 0) is 63.5 Å². The molecule has 1 heterocycles. The fraction of sp³-hybridized carbons (Fsp3) is 0.833. The van der Waals surface area contributed by atoms with Crippen LogP contribution >= 0.6 is 0 Å². The number of rotatable bonds is 5. The molecule has 4 nitrogen and oxygen atoms in total. The monoisotopic (exact) mass is 302 g/mol. The van der Waals surface area contributed by atoms with Crippen molar-refractivity contribution in [3.05, 3.63) is 18.0 Å². The molecule has 4 rings (SSSR count). The topological polar surface area (TPSA) is 33.1 Å². The van der Waals surface area contributed by atoms with Crippen molar-refractivity contribution >= 4 is 0 Å². The number of likely N-dealkylation sites (N-methyl/N-ethyl adjacent to an activating group) is 1. The van der Waals surface area contributed by atoms with Crippen molar-refractivity contribution in [1.82, 2.24) is 20.0 Å². The first-order chi connectivity index (χ1) is 10.6. The van der Waals surface area contributed by atoms with Crippen LogP contribution in [0.2, 0.25) is 0 Å². The van der Waals surface area contributed by atoms with Gasteiger partial charge in [-0.25, -0.2) is 0 Å². The van der Waals surface area contributed by atoms with Crippen molar-refractivity contribution < 1.29 is 0 Å². The van der Waals surface area contributed by atoms with E-state index >= 15 is 0 Å². The predicted octanol–water partition coefficient (Wildman–Crippen LogP) is 2.44. The number of aromatic nitrogens is 2. The van der Waals surface area contributed by atoms with E-state index < -0.39 is 0 Å². The Morgan fingerprint density at radius 3 is 2.82 bits per heavy atom. The Balaban J connectivity index is 1.39. The van der Waals surface area contributed by atoms with Gasteiger partial charge in [0.15, 0.2) is 0 Å². The first-order valence-corrected chi connectivity index (χ1v) is 9.02. The third-order valence-electron chi connectivity index (χ3n) is 6.74. The van der Waals surface area contributed by atoms with Gasteiger partial charge in [0.2, 0.25) is 0 Å². The van der Waals surface area contributed by atoms with Gasteiger partial charge in [-0.15, -0.1) is 0 Å². The molecule has 0 aliphatic heterocycles. The zero-order chi connectivity index (χ0) is 15.3. The minimum absolute atomic E-state index is 0.423. The summed E-state index contributed by atoms with van der Waals surface area (Å²) < 4.78 is 1.91. The lowest BCUT2D eigenvalue weighted by molar-refractivity contribution is 0.194. The van der Waals surface area contributed by atoms with Crippen LogP contribution in [0.4, 0.5) is 0 Å². The van der Waals surface area contributed by atoms with E-state index in [0.29, 0.717) is 6.04 Å². The fourth-order valence-corrected chi connectivity index (χ4v) is 5.78. The lowest BCUT2D eigenvalue weighted by atomic mass is 9.79. The van der Waals surface area contributed by atoms with Gasteiger partial charge in [-0.2, -0.15) is 5.10 Å². The number of aryl methyl sites for hydroxylation is 1. The SMILES string of the molecule is CN(C)[C@H](CN[C@@H]1C[C@H]2C[C@H]1[C@H]1CCC[C@H]21)c1cnn(C)c1. The van der Waals surface area contributed by atoms with E-state index in [1.807, 2.05) is 17.9 Å². The van der Waals surface area contributed by atoms with E-state index in [4.69, 9.17) is 0 Å². The summed E-state index contributed by atoms with van der Waals surface area (Å²) in [5.41, 5.74) is 1.32. The van der Waals surface area contributed by atoms with E-state index in [1.165, 1.54) is 37.7 Å². The molecular weight excluding hydrogens is 272 g/mol. The number of nitrogens with one attached hydrogen (secondary N) is 1. The molecule has 3 saturated carbocycles. The summed E-state index contributed by atoms with van der Waals surface area (Å²) in [6, 6.07) is 1.19. The van der Waals surface area contributed by atoms with E-state index in [2.05, 4.69) is 35.6 Å². The molecular formula is C18H30N4. The summed E-state index contributed by atoms with van der Waals surface area (Å²) >= 11 is 0. The standard InChI is InChI=1S/C18H30N4/c1-21(2)18(13-9-20-22(3)11-13)10-19-17-8-12-7-16(17)15-6-4-5-14(12)15/h9,11-12,14-19H,4-8,10H2,1-3H3/t12-,14-,15+,16+,17-,18-/m1/s1. The quantitative estimate of drug-likeness (QED) is 0.907. The second kappa shape index (κ2) is 5.64. The maximum Gasteiger partial charge on any atom is 0.0538 e. The Labute approximate surface area is 134 Å². The van der Waals surface area contributed by atoms with Gasteiger partial charge >= 0.3 is 0 Å². The Kier molecular flexibility index (Phi) is 3.77. The molecule has 6 atom stereocenters. The third-order valence-corrected chi connectivity index (χ3v) is 6.74. The summed E-state index contributed by atoms with van der Waals surface area (Å²) in [6.07, 6.45) is 11.6. The summed E-state index contributed by atoms with van der Waals surface area (Å²) in [7, 11) is 6.35. The van der Waals surface area contributed by atoms with Gasteiger partial charge in [0.25, 0.3) is 0 Å². The molecule has 1 aromatic heterocycles. The molecule has 122 valence electrons. The summed E-state index contributed by atoms with van der Waals surface area (Å²) in [6.45, 7) is 1.05. The zero-order valence-electron chi connectivity index (χ0n) is 14.2. The van der Waals surface area contributed by atoms with Crippen molar-refractivity contribution in [1.29, 1.82) is 0 Å². The highest BCUT2D eigenvalue weighted by atomic mass is 15.2. The Hall–Kier alpha value is -0.870. The van der Waals surface area contributed by atoms with Gasteiger partial charge in [-0.3, -0.25) is 4.68 Å². The minimum Gasteiger partial charge on any atom is -0.312 e. The van der Waals surface area contributed by atoms with E-state index in [1.54, 1.807) is 0 Å². The van der Waals surface area contributed by atoms with Crippen LogP contribution in [-0.2, 0) is 7.05 Å². The maximum absolute atomic E-state index is 4.34. The molecule has 0 amide bonds. The zero-order valence-corrected chi connectivity index (χ0v) is 14.2. The maximum atomic E-state index is 4.34. The second-order valence-corrected chi connectivity index (χ2v) is 8.10. The summed E-state index contributed by atoms with van der Waals surface area (Å²) in [4.78, 5) is 2.32. The molecule has 0 radical (unpaired) electrons. The third kappa shape index (κ3) is 2.41. The molecule has 0 unspecified atom stereocenters. The smallest absolute Gasteiger partial charge is 0.0538 e. The van der Waals surface area contributed by atoms with Crippen LogP contribution in [0.15, 0.2) is 12.4 Å². The molecule has 3 aliphatic carbocycles. The predicted molar refractivity (Wildman–Crippen MR) is 88.5 cm³/mol. The average Bonchev–Trinajstić information content (AvgIpc) is 3.18. The van der Waals surface area contributed by atoms with Crippen molar-refractivity contribution in [2.45, 2.75) is 44.2 Å². The molecule has 1 N–H and O–H groups in total. The van der Waals surface area contributed by atoms with Crippen molar-refractivity contribution in [2.24, 2.45) is 30.7 Å². The molecule has 1 aromatic rings. The molecule has 3 fully saturated rings. The highest BCUT2D eigenvalue weighted by molar-refractivity contribution is 5.12. The Morgan fingerprint density at radius 1 is 1.27 bits per heavy atom. The fourth-order valence-electron chi connectivity index (χ4n) is 5.78. The molecule has 0 saturated heterocycles. The lowest BCUT2D eigenvalue weighted by Crippen LogP contribution is -2.43. The number of nitrogens with zero attached hydrogens (tertiary/aromatic N) is 3. The minimum atomic E-state index is 0.423. The largest absolute Gasteiger partial charge is 0.312 e. The average molecular weight is 302 g/mol. The van der Waals surface area contributed by atoms with Crippen LogP contribution in [0, 0.1) is 23.7 Å². The van der Waals surface area contributed by atoms with Crippen molar-refractivity contribution in [3.63, 3.8) is 0 Å². The first-order valence-electron chi connectivity index (χ1n) is 9.02. The molecule has 0 spiro atoms. The van der Waals surface area contributed by atoms with Crippen LogP contribution in [0.1, 0.15) is 43.7 Å². The van der Waals surface area contributed by atoms with Gasteiger partial charge in [-0.1, -0.05) is 6.42 Å². The van der Waals surface area contributed by atoms with Gasteiger partial charge in [0, 0.05) is 37.4 Å². The summed E-state index contributed by atoms with van der Waals surface area (Å²) in [5.74, 6) is 4.14. The molecule has 22 heavy (non-hydrogen) atoms. The van der Waals surface area contributed by atoms with Crippen LogP contribution in [-0.4, -0.2) is 41.4 Å². The van der Waals surface area contributed by atoms with Crippen molar-refractivity contribution in [2.75, 3.05) is 20.6 Å². The van der Waals surface area contributed by atoms with E-state index in [9.17, 15) is 0 Å². The van der Waals surface area contributed by atoms with Crippen LogP contribution < -0.4 is 5.32 Å². The highest BCUT2D eigenvalue weighted by Crippen LogP contribution is 2.58. The van der Waals surface area contributed by atoms with Crippen LogP contribution in [0.25, 0.3) is 0 Å². The number of hydrogen-bond acceptors (Lipinski definition) is 3.